The lowest BCUT2D eigenvalue weighted by Crippen LogP contribution is -2.25. The summed E-state index contributed by atoms with van der Waals surface area (Å²) >= 11 is 3.12. The predicted molar refractivity (Wildman–Crippen MR) is 64.7 cm³/mol. The molecule has 0 spiro atoms. The van der Waals surface area contributed by atoms with Crippen LogP contribution in [0.15, 0.2) is 22.7 Å². The first-order valence-electron chi connectivity index (χ1n) is 5.02. The highest BCUT2D eigenvalue weighted by Crippen LogP contribution is 2.27. The summed E-state index contributed by atoms with van der Waals surface area (Å²) in [5, 5.41) is 8.61. The molecule has 0 aliphatic rings. The smallest absolute Gasteiger partial charge is 0.387 e. The Bertz CT molecular complexity index is 429. The predicted octanol–water partition coefficient (Wildman–Crippen LogP) is 2.57. The summed E-state index contributed by atoms with van der Waals surface area (Å²) < 4.78 is 28.8. The number of rotatable bonds is 6. The van der Waals surface area contributed by atoms with E-state index in [4.69, 9.17) is 5.11 Å². The number of nitrogens with zero attached hydrogens (tertiary/aromatic N) is 1. The molecule has 0 fully saturated rings. The Morgan fingerprint density at radius 3 is 2.72 bits per heavy atom. The van der Waals surface area contributed by atoms with Crippen molar-refractivity contribution >= 4 is 21.9 Å². The molecule has 0 saturated carbocycles. The Balaban J connectivity index is 2.69. The van der Waals surface area contributed by atoms with E-state index in [0.29, 0.717) is 11.0 Å². The molecular formula is C11H12BrF2NO3. The Morgan fingerprint density at radius 2 is 2.22 bits per heavy atom. The quantitative estimate of drug-likeness (QED) is 0.874. The molecule has 0 amide bonds. The van der Waals surface area contributed by atoms with Crippen LogP contribution < -0.4 is 4.74 Å². The summed E-state index contributed by atoms with van der Waals surface area (Å²) in [6.07, 6.45) is 0. The zero-order chi connectivity index (χ0) is 13.7. The number of hydrogen-bond acceptors (Lipinski definition) is 3. The zero-order valence-corrected chi connectivity index (χ0v) is 11.2. The molecule has 100 valence electrons. The number of benzene rings is 1. The standard InChI is InChI=1S/C11H12BrF2NO3/c1-15(6-10(16)17)5-7-2-3-9(8(12)4-7)18-11(13)14/h2-4,11H,5-6H2,1H3,(H,16,17). The summed E-state index contributed by atoms with van der Waals surface area (Å²) in [4.78, 5) is 12.1. The van der Waals surface area contributed by atoms with Crippen molar-refractivity contribution in [2.75, 3.05) is 13.6 Å². The average Bonchev–Trinajstić information content (AvgIpc) is 2.20. The SMILES string of the molecule is CN(CC(=O)O)Cc1ccc(OC(F)F)c(Br)c1. The minimum Gasteiger partial charge on any atom is -0.480 e. The summed E-state index contributed by atoms with van der Waals surface area (Å²) in [6.45, 7) is -2.56. The summed E-state index contributed by atoms with van der Waals surface area (Å²) in [5.74, 6) is -0.871. The van der Waals surface area contributed by atoms with Crippen molar-refractivity contribution in [2.24, 2.45) is 0 Å². The summed E-state index contributed by atoms with van der Waals surface area (Å²) in [6, 6.07) is 4.65. The van der Waals surface area contributed by atoms with Gasteiger partial charge < -0.3 is 9.84 Å². The molecule has 7 heteroatoms. The van der Waals surface area contributed by atoms with Crippen LogP contribution in [0, 0.1) is 0 Å². The second-order valence-electron chi connectivity index (χ2n) is 3.71. The molecule has 1 aromatic rings. The molecule has 0 aliphatic carbocycles. The first-order valence-corrected chi connectivity index (χ1v) is 5.81. The molecule has 1 N–H and O–H groups in total. The van der Waals surface area contributed by atoms with Crippen LogP contribution in [0.3, 0.4) is 0 Å². The number of hydrogen-bond donors (Lipinski definition) is 1. The van der Waals surface area contributed by atoms with Gasteiger partial charge in [-0.05, 0) is 40.7 Å². The number of carboxylic acids is 1. The van der Waals surface area contributed by atoms with Gasteiger partial charge in [0.15, 0.2) is 0 Å². The number of likely N-dealkylation sites (N-methyl/N-ethyl adjacent to an activating group) is 1. The lowest BCUT2D eigenvalue weighted by molar-refractivity contribution is -0.138. The van der Waals surface area contributed by atoms with Crippen LogP contribution in [0.4, 0.5) is 8.78 Å². The minimum atomic E-state index is -2.87. The van der Waals surface area contributed by atoms with Crippen molar-refractivity contribution in [3.8, 4) is 5.75 Å². The van der Waals surface area contributed by atoms with Crippen molar-refractivity contribution in [1.82, 2.24) is 4.90 Å². The number of alkyl halides is 2. The van der Waals surface area contributed by atoms with E-state index in [1.165, 1.54) is 6.07 Å². The number of carbonyl (C=O) groups is 1. The van der Waals surface area contributed by atoms with E-state index in [1.807, 2.05) is 0 Å². The van der Waals surface area contributed by atoms with Gasteiger partial charge in [-0.15, -0.1) is 0 Å². The van der Waals surface area contributed by atoms with E-state index in [1.54, 1.807) is 24.1 Å². The van der Waals surface area contributed by atoms with Crippen molar-refractivity contribution < 1.29 is 23.4 Å². The third kappa shape index (κ3) is 4.97. The van der Waals surface area contributed by atoms with Crippen LogP contribution in [0.1, 0.15) is 5.56 Å². The molecule has 1 rings (SSSR count). The molecule has 4 nitrogen and oxygen atoms in total. The zero-order valence-electron chi connectivity index (χ0n) is 9.57. The molecule has 0 unspecified atom stereocenters. The fourth-order valence-corrected chi connectivity index (χ4v) is 1.95. The number of ether oxygens (including phenoxy) is 1. The van der Waals surface area contributed by atoms with Gasteiger partial charge in [-0.3, -0.25) is 9.69 Å². The molecule has 0 saturated heterocycles. The third-order valence-electron chi connectivity index (χ3n) is 2.07. The van der Waals surface area contributed by atoms with Crippen molar-refractivity contribution in [3.05, 3.63) is 28.2 Å². The fraction of sp³-hybridized carbons (Fsp3) is 0.364. The van der Waals surface area contributed by atoms with Crippen molar-refractivity contribution in [3.63, 3.8) is 0 Å². The molecule has 18 heavy (non-hydrogen) atoms. The fourth-order valence-electron chi connectivity index (χ4n) is 1.43. The summed E-state index contributed by atoms with van der Waals surface area (Å²) in [7, 11) is 1.66. The number of carboxylic acid groups (broad SMARTS) is 1. The largest absolute Gasteiger partial charge is 0.480 e. The lowest BCUT2D eigenvalue weighted by atomic mass is 10.2. The van der Waals surface area contributed by atoms with Crippen LogP contribution in [0.2, 0.25) is 0 Å². The Labute approximate surface area is 111 Å². The highest BCUT2D eigenvalue weighted by Gasteiger charge is 2.10. The van der Waals surface area contributed by atoms with Gasteiger partial charge in [-0.1, -0.05) is 6.07 Å². The molecule has 0 aliphatic heterocycles. The van der Waals surface area contributed by atoms with Gasteiger partial charge in [-0.25, -0.2) is 0 Å². The van der Waals surface area contributed by atoms with Gasteiger partial charge in [0.25, 0.3) is 0 Å². The van der Waals surface area contributed by atoms with Gasteiger partial charge in [0.2, 0.25) is 0 Å². The van der Waals surface area contributed by atoms with E-state index in [0.717, 1.165) is 5.56 Å². The third-order valence-corrected chi connectivity index (χ3v) is 2.69. The average molecular weight is 324 g/mol. The van der Waals surface area contributed by atoms with Crippen molar-refractivity contribution in [1.29, 1.82) is 0 Å². The molecule has 0 heterocycles. The van der Waals surface area contributed by atoms with E-state index < -0.39 is 12.6 Å². The van der Waals surface area contributed by atoms with Gasteiger partial charge >= 0.3 is 12.6 Å². The second-order valence-corrected chi connectivity index (χ2v) is 4.56. The highest BCUT2D eigenvalue weighted by atomic mass is 79.9. The monoisotopic (exact) mass is 323 g/mol. The van der Waals surface area contributed by atoms with Gasteiger partial charge in [-0.2, -0.15) is 8.78 Å². The molecule has 0 bridgehead atoms. The van der Waals surface area contributed by atoms with Gasteiger partial charge in [0.05, 0.1) is 11.0 Å². The lowest BCUT2D eigenvalue weighted by Gasteiger charge is -2.15. The van der Waals surface area contributed by atoms with Gasteiger partial charge in [0, 0.05) is 6.54 Å². The maximum absolute atomic E-state index is 12.0. The number of halogens is 3. The molecule has 1 aromatic carbocycles. The highest BCUT2D eigenvalue weighted by molar-refractivity contribution is 9.10. The van der Waals surface area contributed by atoms with E-state index in [-0.39, 0.29) is 12.3 Å². The van der Waals surface area contributed by atoms with Gasteiger partial charge in [0.1, 0.15) is 5.75 Å². The van der Waals surface area contributed by atoms with Crippen LogP contribution in [-0.2, 0) is 11.3 Å². The molecule has 0 aromatic heterocycles. The molecule has 0 radical (unpaired) electrons. The maximum Gasteiger partial charge on any atom is 0.387 e. The second kappa shape index (κ2) is 6.65. The normalized spacial score (nSPS) is 11.0. The first kappa shape index (κ1) is 14.8. The first-order chi connectivity index (χ1) is 8.38. The van der Waals surface area contributed by atoms with Crippen LogP contribution >= 0.6 is 15.9 Å². The van der Waals surface area contributed by atoms with Crippen LogP contribution in [0.25, 0.3) is 0 Å². The summed E-state index contributed by atoms with van der Waals surface area (Å²) in [5.41, 5.74) is 0.798. The Kier molecular flexibility index (Phi) is 5.49. The van der Waals surface area contributed by atoms with Crippen LogP contribution in [-0.4, -0.2) is 36.2 Å². The maximum atomic E-state index is 12.0. The van der Waals surface area contributed by atoms with E-state index >= 15 is 0 Å². The van der Waals surface area contributed by atoms with Crippen LogP contribution in [0.5, 0.6) is 5.75 Å². The number of aliphatic carboxylic acids is 1. The van der Waals surface area contributed by atoms with E-state index in [2.05, 4.69) is 20.7 Å². The topological polar surface area (TPSA) is 49.8 Å². The van der Waals surface area contributed by atoms with Crippen molar-refractivity contribution in [2.45, 2.75) is 13.2 Å². The minimum absolute atomic E-state index is 0.0506. The Morgan fingerprint density at radius 1 is 1.56 bits per heavy atom. The Hall–Kier alpha value is -1.21. The molecular weight excluding hydrogens is 312 g/mol. The van der Waals surface area contributed by atoms with E-state index in [9.17, 15) is 13.6 Å². The molecule has 0 atom stereocenters.